The number of hydrogen-bond donors (Lipinski definition) is 3. The predicted octanol–water partition coefficient (Wildman–Crippen LogP) is 20.4. The third-order valence-electron chi connectivity index (χ3n) is 14.9. The Morgan fingerprint density at radius 2 is 0.653 bits per heavy atom. The van der Waals surface area contributed by atoms with Crippen molar-refractivity contribution < 1.29 is 24.5 Å². The first-order valence-electron chi connectivity index (χ1n) is 32.3. The fourth-order valence-electron chi connectivity index (χ4n) is 9.92. The third kappa shape index (κ3) is 57.4. The molecule has 6 nitrogen and oxygen atoms in total. The van der Waals surface area contributed by atoms with E-state index in [1.807, 2.05) is 6.08 Å². The van der Waals surface area contributed by atoms with Gasteiger partial charge in [-0.25, -0.2) is 0 Å². The largest absolute Gasteiger partial charge is 0.466 e. The van der Waals surface area contributed by atoms with Crippen LogP contribution < -0.4 is 5.32 Å². The zero-order valence-electron chi connectivity index (χ0n) is 48.4. The number of ether oxygens (including phenoxy) is 1. The summed E-state index contributed by atoms with van der Waals surface area (Å²) in [6.07, 6.45) is 77.7. The molecule has 0 aliphatic carbocycles. The Morgan fingerprint density at radius 3 is 0.986 bits per heavy atom. The molecular formula is C66H125NO5. The van der Waals surface area contributed by atoms with Gasteiger partial charge in [-0.15, -0.1) is 0 Å². The van der Waals surface area contributed by atoms with Crippen molar-refractivity contribution in [3.63, 3.8) is 0 Å². The molecule has 3 N–H and O–H groups in total. The Kier molecular flexibility index (Phi) is 60.0. The van der Waals surface area contributed by atoms with Gasteiger partial charge in [-0.05, 0) is 83.5 Å². The highest BCUT2D eigenvalue weighted by Gasteiger charge is 2.18. The molecule has 6 heteroatoms. The van der Waals surface area contributed by atoms with Crippen molar-refractivity contribution in [2.75, 3.05) is 13.2 Å². The first-order chi connectivity index (χ1) is 35.5. The number of amides is 1. The number of hydrogen-bond acceptors (Lipinski definition) is 5. The van der Waals surface area contributed by atoms with E-state index in [1.54, 1.807) is 6.08 Å². The van der Waals surface area contributed by atoms with E-state index in [0.29, 0.717) is 19.4 Å². The monoisotopic (exact) mass is 1010 g/mol. The number of allylic oxidation sites excluding steroid dienone is 5. The molecule has 0 saturated carbocycles. The topological polar surface area (TPSA) is 95.9 Å². The van der Waals surface area contributed by atoms with Crippen LogP contribution in [0.4, 0.5) is 0 Å². The number of aliphatic hydroxyl groups is 2. The molecule has 0 saturated heterocycles. The molecule has 0 aromatic rings. The van der Waals surface area contributed by atoms with Crippen LogP contribution in [-0.4, -0.2) is 47.4 Å². The Hall–Kier alpha value is -1.92. The molecular weight excluding hydrogens is 887 g/mol. The predicted molar refractivity (Wildman–Crippen MR) is 315 cm³/mol. The van der Waals surface area contributed by atoms with Gasteiger partial charge in [-0.3, -0.25) is 9.59 Å². The van der Waals surface area contributed by atoms with E-state index < -0.39 is 12.1 Å². The summed E-state index contributed by atoms with van der Waals surface area (Å²) in [6, 6.07) is -0.629. The number of nitrogens with one attached hydrogen (secondary N) is 1. The molecule has 0 aromatic heterocycles. The zero-order chi connectivity index (χ0) is 52.2. The summed E-state index contributed by atoms with van der Waals surface area (Å²) in [5.41, 5.74) is 0. The quantitative estimate of drug-likeness (QED) is 0.0320. The van der Waals surface area contributed by atoms with E-state index in [1.165, 1.54) is 276 Å². The summed E-state index contributed by atoms with van der Waals surface area (Å²) >= 11 is 0. The van der Waals surface area contributed by atoms with Gasteiger partial charge in [-0.2, -0.15) is 0 Å². The van der Waals surface area contributed by atoms with E-state index in [0.717, 1.165) is 44.9 Å². The average molecular weight is 1010 g/mol. The Morgan fingerprint density at radius 1 is 0.375 bits per heavy atom. The Bertz CT molecular complexity index is 1170. The smallest absolute Gasteiger partial charge is 0.305 e. The van der Waals surface area contributed by atoms with Crippen LogP contribution in [0, 0.1) is 0 Å². The molecule has 2 atom stereocenters. The van der Waals surface area contributed by atoms with Crippen LogP contribution in [0.15, 0.2) is 36.5 Å². The minimum Gasteiger partial charge on any atom is -0.466 e. The number of unbranched alkanes of at least 4 members (excludes halogenated alkanes) is 45. The summed E-state index contributed by atoms with van der Waals surface area (Å²) in [7, 11) is 0. The van der Waals surface area contributed by atoms with Gasteiger partial charge in [0.05, 0.1) is 25.4 Å². The molecule has 1 amide bonds. The van der Waals surface area contributed by atoms with Crippen LogP contribution in [-0.2, 0) is 14.3 Å². The third-order valence-corrected chi connectivity index (χ3v) is 14.9. The molecule has 0 fully saturated rings. The maximum absolute atomic E-state index is 12.5. The van der Waals surface area contributed by atoms with Gasteiger partial charge in [0.15, 0.2) is 0 Å². The van der Waals surface area contributed by atoms with Crippen LogP contribution in [0.5, 0.6) is 0 Å². The number of rotatable bonds is 60. The summed E-state index contributed by atoms with van der Waals surface area (Å²) < 4.78 is 5.48. The van der Waals surface area contributed by atoms with Crippen molar-refractivity contribution >= 4 is 11.9 Å². The molecule has 0 aromatic carbocycles. The molecule has 2 unspecified atom stereocenters. The molecule has 424 valence electrons. The number of carbonyl (C=O) groups excluding carboxylic acids is 2. The van der Waals surface area contributed by atoms with Crippen molar-refractivity contribution in [2.24, 2.45) is 0 Å². The fraction of sp³-hybridized carbons (Fsp3) is 0.879. The SMILES string of the molecule is CCCCCCC/C=C\CCCCCCCC(=O)OCCCCCCCCCCCCCC/C=C\CCCCCCCCCCCCC(=O)NC(CO)C(O)/C=C/CCCCCCCCCCCCCCC. The number of carbonyl (C=O) groups is 2. The normalized spacial score (nSPS) is 12.8. The van der Waals surface area contributed by atoms with Gasteiger partial charge < -0.3 is 20.3 Å². The van der Waals surface area contributed by atoms with Crippen LogP contribution in [0.2, 0.25) is 0 Å². The van der Waals surface area contributed by atoms with E-state index in [2.05, 4.69) is 43.5 Å². The molecule has 0 aliphatic rings. The minimum atomic E-state index is -0.845. The van der Waals surface area contributed by atoms with Crippen molar-refractivity contribution in [1.29, 1.82) is 0 Å². The maximum atomic E-state index is 12.5. The highest BCUT2D eigenvalue weighted by molar-refractivity contribution is 5.76. The summed E-state index contributed by atoms with van der Waals surface area (Å²) in [5, 5.41) is 23.1. The Labute approximate surface area is 449 Å². The lowest BCUT2D eigenvalue weighted by Crippen LogP contribution is -2.45. The fourth-order valence-corrected chi connectivity index (χ4v) is 9.92. The number of aliphatic hydroxyl groups excluding tert-OH is 2. The van der Waals surface area contributed by atoms with Gasteiger partial charge in [0, 0.05) is 12.8 Å². The van der Waals surface area contributed by atoms with Gasteiger partial charge in [0.25, 0.3) is 0 Å². The first kappa shape index (κ1) is 70.1. The van der Waals surface area contributed by atoms with Crippen molar-refractivity contribution in [3.05, 3.63) is 36.5 Å². The molecule has 0 rings (SSSR count). The van der Waals surface area contributed by atoms with E-state index in [4.69, 9.17) is 4.74 Å². The average Bonchev–Trinajstić information content (AvgIpc) is 3.38. The summed E-state index contributed by atoms with van der Waals surface area (Å²) in [5.74, 6) is -0.0631. The molecule has 72 heavy (non-hydrogen) atoms. The lowest BCUT2D eigenvalue weighted by molar-refractivity contribution is -0.143. The molecule has 0 spiro atoms. The second-order valence-corrected chi connectivity index (χ2v) is 22.1. The lowest BCUT2D eigenvalue weighted by Gasteiger charge is -2.20. The Balaban J connectivity index is 3.41. The number of esters is 1. The van der Waals surface area contributed by atoms with Crippen molar-refractivity contribution in [3.8, 4) is 0 Å². The van der Waals surface area contributed by atoms with Crippen LogP contribution in [0.25, 0.3) is 0 Å². The van der Waals surface area contributed by atoms with E-state index in [-0.39, 0.29) is 18.5 Å². The maximum Gasteiger partial charge on any atom is 0.305 e. The van der Waals surface area contributed by atoms with Gasteiger partial charge in [0.2, 0.25) is 5.91 Å². The highest BCUT2D eigenvalue weighted by Crippen LogP contribution is 2.17. The van der Waals surface area contributed by atoms with Gasteiger partial charge >= 0.3 is 5.97 Å². The van der Waals surface area contributed by atoms with E-state index in [9.17, 15) is 19.8 Å². The molecule has 0 radical (unpaired) electrons. The lowest BCUT2D eigenvalue weighted by atomic mass is 10.0. The highest BCUT2D eigenvalue weighted by atomic mass is 16.5. The second-order valence-electron chi connectivity index (χ2n) is 22.1. The standard InChI is InChI=1S/C66H125NO5/c1-3-5-7-9-11-13-15-17-31-34-38-42-46-50-54-58-64(69)63(62-68)67-65(70)59-55-51-47-43-39-35-32-29-27-25-23-21-19-20-22-24-26-28-30-33-37-41-45-49-53-57-61-72-66(71)60-56-52-48-44-40-36-18-16-14-12-10-8-6-4-2/h16,18-19,21,54,58,63-64,68-69H,3-15,17,20,22-53,55-57,59-62H2,1-2H3,(H,67,70)/b18-16-,21-19-,58-54+. The molecule has 0 aliphatic heterocycles. The van der Waals surface area contributed by atoms with Crippen LogP contribution in [0.3, 0.4) is 0 Å². The summed E-state index contributed by atoms with van der Waals surface area (Å²) in [6.45, 7) is 4.91. The van der Waals surface area contributed by atoms with Crippen LogP contribution in [0.1, 0.15) is 348 Å². The minimum absolute atomic E-state index is 0.00540. The van der Waals surface area contributed by atoms with Crippen molar-refractivity contribution in [1.82, 2.24) is 5.32 Å². The van der Waals surface area contributed by atoms with Gasteiger partial charge in [-0.1, -0.05) is 288 Å². The van der Waals surface area contributed by atoms with Crippen molar-refractivity contribution in [2.45, 2.75) is 360 Å². The van der Waals surface area contributed by atoms with Gasteiger partial charge in [0.1, 0.15) is 0 Å². The first-order valence-corrected chi connectivity index (χ1v) is 32.3. The zero-order valence-corrected chi connectivity index (χ0v) is 48.4. The second kappa shape index (κ2) is 61.6. The molecule has 0 heterocycles. The van der Waals surface area contributed by atoms with Crippen LogP contribution >= 0.6 is 0 Å². The molecule has 0 bridgehead atoms. The summed E-state index contributed by atoms with van der Waals surface area (Å²) in [4.78, 5) is 24.5. The van der Waals surface area contributed by atoms with E-state index >= 15 is 0 Å².